The molecular weight excluding hydrogens is 294 g/mol. The Balaban J connectivity index is 1.47. The molecular formula is C15H15N7O. The van der Waals surface area contributed by atoms with Gasteiger partial charge in [-0.25, -0.2) is 25.2 Å². The molecule has 0 aliphatic carbocycles. The molecule has 3 aromatic rings. The molecule has 0 atom stereocenters. The molecule has 3 rings (SSSR count). The largest absolute Gasteiger partial charge is 0.333 e. The summed E-state index contributed by atoms with van der Waals surface area (Å²) in [6, 6.07) is 9.15. The van der Waals surface area contributed by atoms with E-state index in [4.69, 9.17) is 0 Å². The third kappa shape index (κ3) is 4.03. The van der Waals surface area contributed by atoms with E-state index < -0.39 is 0 Å². The first-order chi connectivity index (χ1) is 11.3. The number of imidazole rings is 1. The summed E-state index contributed by atoms with van der Waals surface area (Å²) < 4.78 is 1.91. The van der Waals surface area contributed by atoms with Crippen molar-refractivity contribution in [1.29, 1.82) is 0 Å². The van der Waals surface area contributed by atoms with E-state index in [-0.39, 0.29) is 6.03 Å². The van der Waals surface area contributed by atoms with Gasteiger partial charge in [-0.15, -0.1) is 0 Å². The van der Waals surface area contributed by atoms with Crippen molar-refractivity contribution < 1.29 is 4.79 Å². The molecule has 0 aliphatic rings. The van der Waals surface area contributed by atoms with Gasteiger partial charge in [0.05, 0.1) is 6.33 Å². The normalized spacial score (nSPS) is 10.1. The summed E-state index contributed by atoms with van der Waals surface area (Å²) in [6.45, 7) is 0.410. The second-order valence-electron chi connectivity index (χ2n) is 4.64. The number of aromatic nitrogens is 4. The zero-order chi connectivity index (χ0) is 15.9. The number of rotatable bonds is 5. The molecule has 23 heavy (non-hydrogen) atoms. The highest BCUT2D eigenvalue weighted by Gasteiger charge is 2.01. The van der Waals surface area contributed by atoms with E-state index in [9.17, 15) is 4.79 Å². The van der Waals surface area contributed by atoms with E-state index in [1.165, 1.54) is 0 Å². The average molecular weight is 309 g/mol. The highest BCUT2D eigenvalue weighted by molar-refractivity contribution is 5.74. The van der Waals surface area contributed by atoms with Crippen molar-refractivity contribution in [3.63, 3.8) is 0 Å². The number of anilines is 1. The molecule has 3 N–H and O–H groups in total. The van der Waals surface area contributed by atoms with Crippen molar-refractivity contribution in [2.24, 2.45) is 0 Å². The lowest BCUT2D eigenvalue weighted by Crippen LogP contribution is -2.39. The minimum Gasteiger partial charge on any atom is -0.333 e. The first-order valence-corrected chi connectivity index (χ1v) is 6.95. The van der Waals surface area contributed by atoms with Crippen LogP contribution in [0.1, 0.15) is 5.56 Å². The zero-order valence-corrected chi connectivity index (χ0v) is 12.2. The molecule has 0 aliphatic heterocycles. The predicted molar refractivity (Wildman–Crippen MR) is 84.6 cm³/mol. The highest BCUT2D eigenvalue weighted by atomic mass is 16.2. The Morgan fingerprint density at radius 2 is 1.87 bits per heavy atom. The summed E-state index contributed by atoms with van der Waals surface area (Å²) >= 11 is 0. The fraction of sp³-hybridized carbons (Fsp3) is 0.0667. The summed E-state index contributed by atoms with van der Waals surface area (Å²) in [6.07, 6.45) is 8.49. The molecule has 0 fully saturated rings. The Bertz CT molecular complexity index is 741. The van der Waals surface area contributed by atoms with E-state index in [0.717, 1.165) is 11.3 Å². The lowest BCUT2D eigenvalue weighted by atomic mass is 10.2. The monoisotopic (exact) mass is 309 g/mol. The van der Waals surface area contributed by atoms with E-state index in [0.29, 0.717) is 12.5 Å². The number of nitrogens with zero attached hydrogens (tertiary/aromatic N) is 4. The minimum absolute atomic E-state index is 0.326. The predicted octanol–water partition coefficient (Wildman–Crippen LogP) is 1.49. The minimum atomic E-state index is -0.365. The number of carbonyl (C=O) groups is 1. The second kappa shape index (κ2) is 7.03. The third-order valence-electron chi connectivity index (χ3n) is 3.05. The van der Waals surface area contributed by atoms with Gasteiger partial charge in [0.2, 0.25) is 5.95 Å². The molecule has 2 amide bonds. The third-order valence-corrected chi connectivity index (χ3v) is 3.05. The van der Waals surface area contributed by atoms with Crippen molar-refractivity contribution in [2.45, 2.75) is 6.54 Å². The van der Waals surface area contributed by atoms with Crippen LogP contribution in [0, 0.1) is 0 Å². The maximum atomic E-state index is 11.7. The number of amides is 2. The van der Waals surface area contributed by atoms with Crippen LogP contribution in [0.5, 0.6) is 0 Å². The average Bonchev–Trinajstić information content (AvgIpc) is 3.14. The molecule has 2 heterocycles. The van der Waals surface area contributed by atoms with Gasteiger partial charge in [-0.3, -0.25) is 5.43 Å². The maximum absolute atomic E-state index is 11.7. The van der Waals surface area contributed by atoms with Gasteiger partial charge >= 0.3 is 6.03 Å². The van der Waals surface area contributed by atoms with Gasteiger partial charge in [0.25, 0.3) is 0 Å². The van der Waals surface area contributed by atoms with Crippen molar-refractivity contribution in [3.05, 3.63) is 67.0 Å². The van der Waals surface area contributed by atoms with E-state index >= 15 is 0 Å². The van der Waals surface area contributed by atoms with Gasteiger partial charge in [-0.1, -0.05) is 12.1 Å². The summed E-state index contributed by atoms with van der Waals surface area (Å²) in [5.74, 6) is 0.326. The summed E-state index contributed by atoms with van der Waals surface area (Å²) in [4.78, 5) is 23.6. The number of nitrogens with one attached hydrogen (secondary N) is 3. The van der Waals surface area contributed by atoms with Crippen LogP contribution >= 0.6 is 0 Å². The molecule has 0 saturated carbocycles. The fourth-order valence-corrected chi connectivity index (χ4v) is 1.90. The van der Waals surface area contributed by atoms with Gasteiger partial charge in [0, 0.05) is 37.0 Å². The molecule has 0 bridgehead atoms. The SMILES string of the molecule is O=C(NCc1ccc(-n2ccnc2)cc1)NNc1ncccn1. The number of urea groups is 1. The van der Waals surface area contributed by atoms with Crippen molar-refractivity contribution >= 4 is 12.0 Å². The second-order valence-corrected chi connectivity index (χ2v) is 4.64. The lowest BCUT2D eigenvalue weighted by Gasteiger charge is -2.09. The van der Waals surface area contributed by atoms with Crippen molar-refractivity contribution in [3.8, 4) is 5.69 Å². The first kappa shape index (κ1) is 14.5. The molecule has 0 saturated heterocycles. The van der Waals surface area contributed by atoms with Crippen LogP contribution in [-0.4, -0.2) is 25.6 Å². The maximum Gasteiger partial charge on any atom is 0.333 e. The summed E-state index contributed by atoms with van der Waals surface area (Å²) in [5, 5.41) is 2.74. The molecule has 8 heteroatoms. The molecule has 0 spiro atoms. The number of hydrogen-bond acceptors (Lipinski definition) is 5. The van der Waals surface area contributed by atoms with E-state index in [2.05, 4.69) is 31.1 Å². The van der Waals surface area contributed by atoms with Crippen LogP contribution in [-0.2, 0) is 6.54 Å². The van der Waals surface area contributed by atoms with Crippen LogP contribution < -0.4 is 16.2 Å². The molecule has 0 radical (unpaired) electrons. The lowest BCUT2D eigenvalue weighted by molar-refractivity contribution is 0.242. The smallest absolute Gasteiger partial charge is 0.333 e. The van der Waals surface area contributed by atoms with Gasteiger partial charge in [0.1, 0.15) is 0 Å². The Morgan fingerprint density at radius 1 is 1.09 bits per heavy atom. The zero-order valence-electron chi connectivity index (χ0n) is 12.2. The van der Waals surface area contributed by atoms with Gasteiger partial charge in [0.15, 0.2) is 0 Å². The van der Waals surface area contributed by atoms with Crippen LogP contribution in [0.2, 0.25) is 0 Å². The quantitative estimate of drug-likeness (QED) is 0.620. The topological polar surface area (TPSA) is 96.8 Å². The molecule has 1 aromatic carbocycles. The first-order valence-electron chi connectivity index (χ1n) is 6.95. The molecule has 0 unspecified atom stereocenters. The van der Waals surface area contributed by atoms with Gasteiger partial charge < -0.3 is 9.88 Å². The van der Waals surface area contributed by atoms with Crippen molar-refractivity contribution in [1.82, 2.24) is 30.3 Å². The molecule has 2 aromatic heterocycles. The van der Waals surface area contributed by atoms with Crippen LogP contribution in [0.3, 0.4) is 0 Å². The van der Waals surface area contributed by atoms with Crippen LogP contribution in [0.15, 0.2) is 61.4 Å². The standard InChI is InChI=1S/C15H15N7O/c23-15(21-20-14-17-6-1-7-18-14)19-10-12-2-4-13(5-3-12)22-9-8-16-11-22/h1-9,11H,10H2,(H,17,18,20)(H2,19,21,23). The number of hydrogen-bond donors (Lipinski definition) is 3. The van der Waals surface area contributed by atoms with Gasteiger partial charge in [-0.2, -0.15) is 0 Å². The van der Waals surface area contributed by atoms with Crippen molar-refractivity contribution in [2.75, 3.05) is 5.43 Å². The van der Waals surface area contributed by atoms with Crippen LogP contribution in [0.25, 0.3) is 5.69 Å². The van der Waals surface area contributed by atoms with Gasteiger partial charge in [-0.05, 0) is 23.8 Å². The molecule has 8 nitrogen and oxygen atoms in total. The van der Waals surface area contributed by atoms with E-state index in [1.54, 1.807) is 31.0 Å². The highest BCUT2D eigenvalue weighted by Crippen LogP contribution is 2.09. The fourth-order valence-electron chi connectivity index (χ4n) is 1.90. The number of carbonyl (C=O) groups excluding carboxylic acids is 1. The summed E-state index contributed by atoms with van der Waals surface area (Å²) in [7, 11) is 0. The Kier molecular flexibility index (Phi) is 4.44. The Morgan fingerprint density at radius 3 is 2.57 bits per heavy atom. The van der Waals surface area contributed by atoms with E-state index in [1.807, 2.05) is 35.0 Å². The Labute approximate surface area is 132 Å². The number of benzene rings is 1. The molecule has 116 valence electrons. The Hall–Kier alpha value is -3.42. The van der Waals surface area contributed by atoms with Crippen LogP contribution in [0.4, 0.5) is 10.7 Å². The summed E-state index contributed by atoms with van der Waals surface area (Å²) in [5.41, 5.74) is 7.08. The number of hydrazine groups is 1.